The molecule has 1 fully saturated rings. The summed E-state index contributed by atoms with van der Waals surface area (Å²) in [5.41, 5.74) is 3.24. The third-order valence-electron chi connectivity index (χ3n) is 4.82. The van der Waals surface area contributed by atoms with E-state index in [0.717, 1.165) is 22.6 Å². The van der Waals surface area contributed by atoms with E-state index in [9.17, 15) is 4.79 Å². The van der Waals surface area contributed by atoms with E-state index in [2.05, 4.69) is 25.2 Å². The molecule has 0 aliphatic carbocycles. The number of nitrogens with zero attached hydrogens (tertiary/aromatic N) is 7. The van der Waals surface area contributed by atoms with Crippen molar-refractivity contribution >= 4 is 22.9 Å². The fourth-order valence-electron chi connectivity index (χ4n) is 3.33. The number of benzene rings is 1. The molecule has 0 spiro atoms. The molecule has 3 aromatic rings. The van der Waals surface area contributed by atoms with E-state index in [1.54, 1.807) is 11.0 Å². The van der Waals surface area contributed by atoms with Gasteiger partial charge in [0, 0.05) is 38.3 Å². The maximum absolute atomic E-state index is 12.8. The van der Waals surface area contributed by atoms with Gasteiger partial charge in [0.1, 0.15) is 6.33 Å². The van der Waals surface area contributed by atoms with Crippen molar-refractivity contribution in [2.45, 2.75) is 20.4 Å². The van der Waals surface area contributed by atoms with Gasteiger partial charge in [0.2, 0.25) is 0 Å². The SMILES string of the molecule is CCn1nnc2c(N3CCN(C(=O)c4ccccc4C)CC3)ncnc21. The largest absolute Gasteiger partial charge is 0.351 e. The minimum Gasteiger partial charge on any atom is -0.351 e. The lowest BCUT2D eigenvalue weighted by molar-refractivity contribution is 0.0746. The van der Waals surface area contributed by atoms with Crippen LogP contribution in [-0.4, -0.2) is 61.9 Å². The number of aromatic nitrogens is 5. The topological polar surface area (TPSA) is 80.0 Å². The van der Waals surface area contributed by atoms with Crippen LogP contribution in [0.15, 0.2) is 30.6 Å². The number of amides is 1. The van der Waals surface area contributed by atoms with Gasteiger partial charge in [-0.25, -0.2) is 14.6 Å². The highest BCUT2D eigenvalue weighted by molar-refractivity contribution is 5.95. The lowest BCUT2D eigenvalue weighted by atomic mass is 10.1. The molecule has 0 saturated carbocycles. The summed E-state index contributed by atoms with van der Waals surface area (Å²) < 4.78 is 1.76. The minimum atomic E-state index is 0.0903. The van der Waals surface area contributed by atoms with E-state index in [1.165, 1.54) is 0 Å². The Bertz CT molecular complexity index is 944. The van der Waals surface area contributed by atoms with Crippen molar-refractivity contribution in [3.05, 3.63) is 41.7 Å². The standard InChI is InChI=1S/C18H21N7O/c1-3-25-17-15(21-22-25)16(19-12-20-17)23-8-10-24(11-9-23)18(26)14-7-5-4-6-13(14)2/h4-7,12H,3,8-11H2,1-2H3. The van der Waals surface area contributed by atoms with Crippen LogP contribution in [0.25, 0.3) is 11.2 Å². The first-order valence-corrected chi connectivity index (χ1v) is 8.83. The molecule has 3 heterocycles. The number of fused-ring (bicyclic) bond motifs is 1. The summed E-state index contributed by atoms with van der Waals surface area (Å²) in [5, 5.41) is 8.38. The molecule has 1 saturated heterocycles. The zero-order chi connectivity index (χ0) is 18.1. The molecule has 134 valence electrons. The van der Waals surface area contributed by atoms with E-state index >= 15 is 0 Å². The molecular formula is C18H21N7O. The van der Waals surface area contributed by atoms with Crippen molar-refractivity contribution in [3.8, 4) is 0 Å². The third kappa shape index (κ3) is 2.77. The van der Waals surface area contributed by atoms with Crippen LogP contribution < -0.4 is 4.90 Å². The van der Waals surface area contributed by atoms with E-state index in [4.69, 9.17) is 0 Å². The number of hydrogen-bond acceptors (Lipinski definition) is 6. The van der Waals surface area contributed by atoms with Gasteiger partial charge >= 0.3 is 0 Å². The van der Waals surface area contributed by atoms with Gasteiger partial charge in [-0.05, 0) is 25.5 Å². The van der Waals surface area contributed by atoms with Crippen LogP contribution in [0.5, 0.6) is 0 Å². The van der Waals surface area contributed by atoms with Crippen LogP contribution in [0, 0.1) is 6.92 Å². The number of aryl methyl sites for hydroxylation is 2. The van der Waals surface area contributed by atoms with Gasteiger partial charge in [-0.15, -0.1) is 5.10 Å². The van der Waals surface area contributed by atoms with Crippen LogP contribution >= 0.6 is 0 Å². The van der Waals surface area contributed by atoms with E-state index < -0.39 is 0 Å². The molecule has 0 bridgehead atoms. The Kier molecular flexibility index (Phi) is 4.24. The molecule has 4 rings (SSSR count). The van der Waals surface area contributed by atoms with Crippen molar-refractivity contribution in [1.82, 2.24) is 29.9 Å². The summed E-state index contributed by atoms with van der Waals surface area (Å²) in [4.78, 5) is 25.5. The maximum atomic E-state index is 12.8. The number of carbonyl (C=O) groups is 1. The first-order chi connectivity index (χ1) is 12.7. The lowest BCUT2D eigenvalue weighted by Gasteiger charge is -2.35. The summed E-state index contributed by atoms with van der Waals surface area (Å²) in [7, 11) is 0. The lowest BCUT2D eigenvalue weighted by Crippen LogP contribution is -2.49. The zero-order valence-corrected chi connectivity index (χ0v) is 15.0. The Morgan fingerprint density at radius 3 is 2.62 bits per heavy atom. The van der Waals surface area contributed by atoms with E-state index in [1.807, 2.05) is 43.0 Å². The monoisotopic (exact) mass is 351 g/mol. The normalized spacial score (nSPS) is 14.8. The van der Waals surface area contributed by atoms with Crippen molar-refractivity contribution in [3.63, 3.8) is 0 Å². The molecule has 8 nitrogen and oxygen atoms in total. The fraction of sp³-hybridized carbons (Fsp3) is 0.389. The molecule has 0 radical (unpaired) electrons. The molecule has 1 aliphatic heterocycles. The molecule has 0 atom stereocenters. The molecule has 26 heavy (non-hydrogen) atoms. The molecule has 0 N–H and O–H groups in total. The van der Waals surface area contributed by atoms with Gasteiger partial charge in [0.05, 0.1) is 0 Å². The van der Waals surface area contributed by atoms with Crippen molar-refractivity contribution < 1.29 is 4.79 Å². The fourth-order valence-corrected chi connectivity index (χ4v) is 3.33. The van der Waals surface area contributed by atoms with Gasteiger partial charge in [-0.2, -0.15) is 0 Å². The smallest absolute Gasteiger partial charge is 0.254 e. The highest BCUT2D eigenvalue weighted by Gasteiger charge is 2.25. The molecule has 2 aromatic heterocycles. The summed E-state index contributed by atoms with van der Waals surface area (Å²) in [6.45, 7) is 7.42. The number of anilines is 1. The Hall–Kier alpha value is -3.03. The quantitative estimate of drug-likeness (QED) is 0.712. The number of hydrogen-bond donors (Lipinski definition) is 0. The van der Waals surface area contributed by atoms with Crippen LogP contribution in [-0.2, 0) is 6.54 Å². The molecular weight excluding hydrogens is 330 g/mol. The highest BCUT2D eigenvalue weighted by Crippen LogP contribution is 2.22. The Balaban J connectivity index is 1.52. The van der Waals surface area contributed by atoms with E-state index in [-0.39, 0.29) is 5.91 Å². The Morgan fingerprint density at radius 2 is 1.88 bits per heavy atom. The third-order valence-corrected chi connectivity index (χ3v) is 4.82. The van der Waals surface area contributed by atoms with Gasteiger partial charge in [0.25, 0.3) is 5.91 Å². The van der Waals surface area contributed by atoms with Crippen LogP contribution in [0.4, 0.5) is 5.82 Å². The molecule has 1 aliphatic rings. The van der Waals surface area contributed by atoms with E-state index in [0.29, 0.717) is 38.2 Å². The zero-order valence-electron chi connectivity index (χ0n) is 15.0. The average molecular weight is 351 g/mol. The predicted octanol–water partition coefficient (Wildman–Crippen LogP) is 1.51. The average Bonchev–Trinajstić information content (AvgIpc) is 3.11. The second kappa shape index (κ2) is 6.70. The van der Waals surface area contributed by atoms with Gasteiger partial charge < -0.3 is 9.80 Å². The first-order valence-electron chi connectivity index (χ1n) is 8.83. The molecule has 0 unspecified atom stereocenters. The number of carbonyl (C=O) groups excluding carboxylic acids is 1. The molecule has 8 heteroatoms. The summed E-state index contributed by atoms with van der Waals surface area (Å²) >= 11 is 0. The summed E-state index contributed by atoms with van der Waals surface area (Å²) in [5.74, 6) is 0.880. The Labute approximate surface area is 151 Å². The predicted molar refractivity (Wildman–Crippen MR) is 98.1 cm³/mol. The van der Waals surface area contributed by atoms with Gasteiger partial charge in [-0.1, -0.05) is 23.4 Å². The van der Waals surface area contributed by atoms with Crippen molar-refractivity contribution in [2.75, 3.05) is 31.1 Å². The van der Waals surface area contributed by atoms with Crippen LogP contribution in [0.3, 0.4) is 0 Å². The summed E-state index contributed by atoms with van der Waals surface area (Å²) in [6.07, 6.45) is 1.55. The molecule has 1 aromatic carbocycles. The van der Waals surface area contributed by atoms with Crippen LogP contribution in [0.2, 0.25) is 0 Å². The second-order valence-corrected chi connectivity index (χ2v) is 6.37. The number of piperazine rings is 1. The van der Waals surface area contributed by atoms with Crippen molar-refractivity contribution in [2.24, 2.45) is 0 Å². The van der Waals surface area contributed by atoms with Crippen LogP contribution in [0.1, 0.15) is 22.8 Å². The highest BCUT2D eigenvalue weighted by atomic mass is 16.2. The number of rotatable bonds is 3. The van der Waals surface area contributed by atoms with Crippen molar-refractivity contribution in [1.29, 1.82) is 0 Å². The Morgan fingerprint density at radius 1 is 1.12 bits per heavy atom. The van der Waals surface area contributed by atoms with Gasteiger partial charge in [-0.3, -0.25) is 4.79 Å². The van der Waals surface area contributed by atoms with Gasteiger partial charge in [0.15, 0.2) is 17.0 Å². The minimum absolute atomic E-state index is 0.0903. The molecule has 1 amide bonds. The maximum Gasteiger partial charge on any atom is 0.254 e. The first kappa shape index (κ1) is 16.4. The summed E-state index contributed by atoms with van der Waals surface area (Å²) in [6, 6.07) is 7.72. The second-order valence-electron chi connectivity index (χ2n) is 6.37.